The molecule has 1 amide bonds. The molecule has 0 bridgehead atoms. The predicted octanol–water partition coefficient (Wildman–Crippen LogP) is 2.03. The lowest BCUT2D eigenvalue weighted by atomic mass is 10.1. The molecule has 3 N–H and O–H groups in total. The average molecular weight is 274 g/mol. The Morgan fingerprint density at radius 2 is 2.11 bits per heavy atom. The molecule has 0 aromatic heterocycles. The van der Waals surface area contributed by atoms with Crippen LogP contribution in [-0.4, -0.2) is 25.9 Å². The fourth-order valence-corrected chi connectivity index (χ4v) is 1.58. The molecule has 0 aliphatic carbocycles. The van der Waals surface area contributed by atoms with Crippen molar-refractivity contribution in [2.45, 2.75) is 19.6 Å². The molecule has 1 aromatic rings. The number of rotatable bonds is 7. The zero-order chi connectivity index (χ0) is 14.3. The Morgan fingerprint density at radius 1 is 1.42 bits per heavy atom. The number of carbonyl (C=O) groups is 1. The summed E-state index contributed by atoms with van der Waals surface area (Å²) in [5, 5.41) is 3.01. The first kappa shape index (κ1) is 15.2. The van der Waals surface area contributed by atoms with Crippen LogP contribution in [0.25, 0.3) is 0 Å². The fraction of sp³-hybridized carbons (Fsp3) is 0.417. The molecule has 19 heavy (non-hydrogen) atoms. The number of carbonyl (C=O) groups excluding carboxylic acids is 1. The van der Waals surface area contributed by atoms with Crippen LogP contribution in [0.5, 0.6) is 5.75 Å². The third-order valence-electron chi connectivity index (χ3n) is 2.40. The number of ether oxygens (including phenoxy) is 2. The number of hydrogen-bond acceptors (Lipinski definition) is 4. The van der Waals surface area contributed by atoms with Crippen LogP contribution in [0.15, 0.2) is 24.3 Å². The quantitative estimate of drug-likeness (QED) is 0.746. The van der Waals surface area contributed by atoms with E-state index in [1.54, 1.807) is 25.1 Å². The van der Waals surface area contributed by atoms with Crippen LogP contribution in [0.4, 0.5) is 13.6 Å². The molecule has 0 fully saturated rings. The third-order valence-corrected chi connectivity index (χ3v) is 2.40. The Labute approximate surface area is 109 Å². The second-order valence-electron chi connectivity index (χ2n) is 3.76. The molecule has 0 heterocycles. The van der Waals surface area contributed by atoms with Gasteiger partial charge in [-0.3, -0.25) is 0 Å². The van der Waals surface area contributed by atoms with Gasteiger partial charge in [0.15, 0.2) is 0 Å². The summed E-state index contributed by atoms with van der Waals surface area (Å²) in [5.74, 6) is 0.119. The number of nitrogens with one attached hydrogen (secondary N) is 1. The van der Waals surface area contributed by atoms with Crippen LogP contribution >= 0.6 is 0 Å². The number of nitrogens with two attached hydrogens (primary N) is 1. The van der Waals surface area contributed by atoms with Gasteiger partial charge < -0.3 is 20.5 Å². The lowest BCUT2D eigenvalue weighted by Crippen LogP contribution is -2.26. The molecular weight excluding hydrogens is 258 g/mol. The maximum atomic E-state index is 12.2. The maximum absolute atomic E-state index is 12.2. The largest absolute Gasteiger partial charge is 0.448 e. The van der Waals surface area contributed by atoms with Crippen molar-refractivity contribution in [3.63, 3.8) is 0 Å². The summed E-state index contributed by atoms with van der Waals surface area (Å²) in [6.07, 6.45) is -0.851. The maximum Gasteiger partial charge on any atom is 0.404 e. The number of benzene rings is 1. The summed E-state index contributed by atoms with van der Waals surface area (Å²) < 4.78 is 33.5. The van der Waals surface area contributed by atoms with Gasteiger partial charge in [-0.05, 0) is 13.0 Å². The van der Waals surface area contributed by atoms with Gasteiger partial charge in [0.1, 0.15) is 12.4 Å². The topological polar surface area (TPSA) is 73.6 Å². The molecule has 7 heteroatoms. The number of alkyl halides is 2. The Bertz CT molecular complexity index is 416. The highest BCUT2D eigenvalue weighted by molar-refractivity contribution is 5.64. The normalized spacial score (nSPS) is 12.2. The second kappa shape index (κ2) is 7.52. The van der Waals surface area contributed by atoms with Gasteiger partial charge in [-0.25, -0.2) is 4.79 Å². The first-order valence-corrected chi connectivity index (χ1v) is 5.70. The second-order valence-corrected chi connectivity index (χ2v) is 3.76. The minimum Gasteiger partial charge on any atom is -0.448 e. The van der Waals surface area contributed by atoms with E-state index in [0.717, 1.165) is 0 Å². The monoisotopic (exact) mass is 274 g/mol. The molecule has 0 saturated heterocycles. The van der Waals surface area contributed by atoms with E-state index in [2.05, 4.69) is 14.8 Å². The van der Waals surface area contributed by atoms with Gasteiger partial charge in [-0.15, -0.1) is 0 Å². The number of halogens is 2. The summed E-state index contributed by atoms with van der Waals surface area (Å²) in [6, 6.07) is 6.27. The Morgan fingerprint density at radius 3 is 2.74 bits per heavy atom. The predicted molar refractivity (Wildman–Crippen MR) is 65.0 cm³/mol. The van der Waals surface area contributed by atoms with Crippen molar-refractivity contribution in [3.05, 3.63) is 29.8 Å². The standard InChI is InChI=1S/C12H16F2N2O3/c1-8(16-6-7-18-12(15)17)9-4-2-3-5-10(9)19-11(13)14/h2-5,8,11,16H,6-7H2,1H3,(H2,15,17). The van der Waals surface area contributed by atoms with Gasteiger partial charge in [-0.2, -0.15) is 8.78 Å². The molecule has 1 aromatic carbocycles. The lowest BCUT2D eigenvalue weighted by Gasteiger charge is -2.17. The van der Waals surface area contributed by atoms with Crippen molar-refractivity contribution in [3.8, 4) is 5.75 Å². The number of amides is 1. The van der Waals surface area contributed by atoms with E-state index in [1.807, 2.05) is 0 Å². The van der Waals surface area contributed by atoms with Gasteiger partial charge in [0.25, 0.3) is 0 Å². The highest BCUT2D eigenvalue weighted by Gasteiger charge is 2.13. The summed E-state index contributed by atoms with van der Waals surface area (Å²) >= 11 is 0. The van der Waals surface area contributed by atoms with E-state index in [0.29, 0.717) is 12.1 Å². The first-order valence-electron chi connectivity index (χ1n) is 5.70. The highest BCUT2D eigenvalue weighted by atomic mass is 19.3. The smallest absolute Gasteiger partial charge is 0.404 e. The van der Waals surface area contributed by atoms with Crippen LogP contribution < -0.4 is 15.8 Å². The fourth-order valence-electron chi connectivity index (χ4n) is 1.58. The van der Waals surface area contributed by atoms with Crippen molar-refractivity contribution in [2.75, 3.05) is 13.2 Å². The average Bonchev–Trinajstić information content (AvgIpc) is 2.34. The highest BCUT2D eigenvalue weighted by Crippen LogP contribution is 2.25. The van der Waals surface area contributed by atoms with Crippen LogP contribution in [0.2, 0.25) is 0 Å². The van der Waals surface area contributed by atoms with Gasteiger partial charge >= 0.3 is 12.7 Å². The molecule has 5 nitrogen and oxygen atoms in total. The zero-order valence-electron chi connectivity index (χ0n) is 10.4. The number of para-hydroxylation sites is 1. The summed E-state index contributed by atoms with van der Waals surface area (Å²) in [7, 11) is 0. The summed E-state index contributed by atoms with van der Waals surface area (Å²) in [6.45, 7) is -0.616. The molecule has 0 aliphatic heterocycles. The minimum absolute atomic E-state index is 0.109. The van der Waals surface area contributed by atoms with Crippen LogP contribution in [0.3, 0.4) is 0 Å². The third kappa shape index (κ3) is 5.52. The van der Waals surface area contributed by atoms with Crippen molar-refractivity contribution in [2.24, 2.45) is 5.73 Å². The molecule has 0 radical (unpaired) electrons. The van der Waals surface area contributed by atoms with Crippen LogP contribution in [-0.2, 0) is 4.74 Å². The van der Waals surface area contributed by atoms with Crippen LogP contribution in [0, 0.1) is 0 Å². The van der Waals surface area contributed by atoms with Gasteiger partial charge in [-0.1, -0.05) is 18.2 Å². The number of primary amides is 1. The molecular formula is C12H16F2N2O3. The van der Waals surface area contributed by atoms with Gasteiger partial charge in [0.05, 0.1) is 0 Å². The lowest BCUT2D eigenvalue weighted by molar-refractivity contribution is -0.0506. The molecule has 0 saturated carbocycles. The number of hydrogen-bond donors (Lipinski definition) is 2. The summed E-state index contributed by atoms with van der Waals surface area (Å²) in [5.41, 5.74) is 5.41. The Kier molecular flexibility index (Phi) is 6.01. The summed E-state index contributed by atoms with van der Waals surface area (Å²) in [4.78, 5) is 10.4. The van der Waals surface area contributed by atoms with Crippen molar-refractivity contribution >= 4 is 6.09 Å². The zero-order valence-corrected chi connectivity index (χ0v) is 10.4. The van der Waals surface area contributed by atoms with E-state index in [9.17, 15) is 13.6 Å². The van der Waals surface area contributed by atoms with Gasteiger partial charge in [0, 0.05) is 18.2 Å². The SMILES string of the molecule is CC(NCCOC(N)=O)c1ccccc1OC(F)F. The van der Waals surface area contributed by atoms with Crippen molar-refractivity contribution < 1.29 is 23.0 Å². The Hall–Kier alpha value is -1.89. The molecule has 0 spiro atoms. The first-order chi connectivity index (χ1) is 9.00. The van der Waals surface area contributed by atoms with E-state index in [4.69, 9.17) is 5.73 Å². The Balaban J connectivity index is 2.55. The molecule has 106 valence electrons. The molecule has 1 rings (SSSR count). The molecule has 1 unspecified atom stereocenters. The van der Waals surface area contributed by atoms with Crippen molar-refractivity contribution in [1.82, 2.24) is 5.32 Å². The van der Waals surface area contributed by atoms with E-state index in [1.165, 1.54) is 6.07 Å². The van der Waals surface area contributed by atoms with E-state index in [-0.39, 0.29) is 18.4 Å². The molecule has 0 aliphatic rings. The molecule has 1 atom stereocenters. The van der Waals surface area contributed by atoms with E-state index < -0.39 is 12.7 Å². The van der Waals surface area contributed by atoms with E-state index >= 15 is 0 Å². The van der Waals surface area contributed by atoms with Crippen molar-refractivity contribution in [1.29, 1.82) is 0 Å². The minimum atomic E-state index is -2.87. The van der Waals surface area contributed by atoms with Crippen LogP contribution in [0.1, 0.15) is 18.5 Å². The van der Waals surface area contributed by atoms with Gasteiger partial charge in [0.2, 0.25) is 0 Å².